The second kappa shape index (κ2) is 11.9. The zero-order chi connectivity index (χ0) is 18.9. The van der Waals surface area contributed by atoms with Gasteiger partial charge >= 0.3 is 0 Å². The molecule has 0 atom stereocenters. The third kappa shape index (κ3) is 8.05. The highest BCUT2D eigenvalue weighted by Crippen LogP contribution is 2.18. The first-order chi connectivity index (χ1) is 13.2. The Bertz CT molecular complexity index is 763. The van der Waals surface area contributed by atoms with E-state index in [2.05, 4.69) is 38.5 Å². The van der Waals surface area contributed by atoms with E-state index in [9.17, 15) is 4.79 Å². The Hall–Kier alpha value is -1.81. The van der Waals surface area contributed by atoms with Gasteiger partial charge in [-0.25, -0.2) is 0 Å². The van der Waals surface area contributed by atoms with Gasteiger partial charge in [0.2, 0.25) is 0 Å². The molecule has 1 aliphatic carbocycles. The molecule has 1 saturated carbocycles. The molecule has 152 valence electrons. The molecule has 8 heteroatoms. The molecule has 1 aromatic heterocycles. The minimum atomic E-state index is -0.0589. The van der Waals surface area contributed by atoms with Gasteiger partial charge in [-0.3, -0.25) is 9.79 Å². The number of hydrogen-bond acceptors (Lipinski definition) is 4. The van der Waals surface area contributed by atoms with Crippen molar-refractivity contribution >= 4 is 47.2 Å². The van der Waals surface area contributed by atoms with Gasteiger partial charge in [0.25, 0.3) is 5.91 Å². The summed E-state index contributed by atoms with van der Waals surface area (Å²) >= 11 is 1.76. The lowest BCUT2D eigenvalue weighted by atomic mass is 10.2. The third-order valence-corrected chi connectivity index (χ3v) is 5.07. The summed E-state index contributed by atoms with van der Waals surface area (Å²) in [4.78, 5) is 17.3. The van der Waals surface area contributed by atoms with E-state index in [1.807, 2.05) is 24.3 Å². The molecule has 0 radical (unpaired) electrons. The number of benzene rings is 1. The maximum atomic E-state index is 11.7. The van der Waals surface area contributed by atoms with Crippen molar-refractivity contribution in [1.82, 2.24) is 16.0 Å². The number of aliphatic imine (C=N–C) groups is 1. The van der Waals surface area contributed by atoms with E-state index in [4.69, 9.17) is 4.74 Å². The molecule has 0 spiro atoms. The molecular weight excluding hydrogens is 487 g/mol. The quantitative estimate of drug-likeness (QED) is 0.274. The van der Waals surface area contributed by atoms with Crippen molar-refractivity contribution in [1.29, 1.82) is 0 Å². The van der Waals surface area contributed by atoms with Gasteiger partial charge in [-0.05, 0) is 48.4 Å². The van der Waals surface area contributed by atoms with Crippen LogP contribution in [0.15, 0.2) is 46.8 Å². The van der Waals surface area contributed by atoms with E-state index in [-0.39, 0.29) is 36.5 Å². The van der Waals surface area contributed by atoms with Crippen molar-refractivity contribution in [3.63, 3.8) is 0 Å². The summed E-state index contributed by atoms with van der Waals surface area (Å²) in [6.07, 6.45) is 3.13. The Morgan fingerprint density at radius 1 is 1.25 bits per heavy atom. The summed E-state index contributed by atoms with van der Waals surface area (Å²) in [6, 6.07) is 12.3. The Labute approximate surface area is 187 Å². The van der Waals surface area contributed by atoms with Gasteiger partial charge in [0.15, 0.2) is 12.6 Å². The summed E-state index contributed by atoms with van der Waals surface area (Å²) in [5.41, 5.74) is 1.07. The maximum Gasteiger partial charge on any atom is 0.258 e. The largest absolute Gasteiger partial charge is 0.484 e. The number of guanidine groups is 1. The molecule has 3 rings (SSSR count). The smallest absolute Gasteiger partial charge is 0.258 e. The lowest BCUT2D eigenvalue weighted by Gasteiger charge is -2.12. The van der Waals surface area contributed by atoms with E-state index in [0.717, 1.165) is 37.3 Å². The van der Waals surface area contributed by atoms with Gasteiger partial charge in [0.1, 0.15) is 5.75 Å². The van der Waals surface area contributed by atoms with Gasteiger partial charge in [-0.15, -0.1) is 35.3 Å². The van der Waals surface area contributed by atoms with Gasteiger partial charge < -0.3 is 20.7 Å². The van der Waals surface area contributed by atoms with Crippen molar-refractivity contribution in [2.24, 2.45) is 4.99 Å². The third-order valence-electron chi connectivity index (χ3n) is 4.14. The number of thiophene rings is 1. The van der Waals surface area contributed by atoms with Crippen molar-refractivity contribution < 1.29 is 9.53 Å². The van der Waals surface area contributed by atoms with Crippen LogP contribution >= 0.6 is 35.3 Å². The fraction of sp³-hybridized carbons (Fsp3) is 0.400. The average Bonchev–Trinajstić information content (AvgIpc) is 3.34. The lowest BCUT2D eigenvalue weighted by Crippen LogP contribution is -2.37. The normalized spacial score (nSPS) is 13.4. The molecule has 28 heavy (non-hydrogen) atoms. The molecule has 1 amide bonds. The summed E-state index contributed by atoms with van der Waals surface area (Å²) in [7, 11) is 1.76. The summed E-state index contributed by atoms with van der Waals surface area (Å²) < 4.78 is 5.59. The average molecular weight is 514 g/mol. The first kappa shape index (κ1) is 22.5. The van der Waals surface area contributed by atoms with Crippen LogP contribution in [-0.2, 0) is 17.8 Å². The number of carbonyl (C=O) groups excluding carboxylic acids is 1. The highest BCUT2D eigenvalue weighted by molar-refractivity contribution is 14.0. The van der Waals surface area contributed by atoms with Crippen molar-refractivity contribution in [2.45, 2.75) is 31.8 Å². The van der Waals surface area contributed by atoms with Gasteiger partial charge in [0, 0.05) is 31.1 Å². The predicted octanol–water partition coefficient (Wildman–Crippen LogP) is 2.93. The highest BCUT2D eigenvalue weighted by atomic mass is 127. The van der Waals surface area contributed by atoms with Crippen molar-refractivity contribution in [2.75, 3.05) is 20.2 Å². The second-order valence-electron chi connectivity index (χ2n) is 6.46. The number of rotatable bonds is 9. The number of ether oxygens (including phenoxy) is 1. The van der Waals surface area contributed by atoms with E-state index >= 15 is 0 Å². The molecule has 1 aliphatic rings. The first-order valence-corrected chi connectivity index (χ1v) is 10.1. The van der Waals surface area contributed by atoms with E-state index in [0.29, 0.717) is 18.3 Å². The molecule has 1 aromatic carbocycles. The highest BCUT2D eigenvalue weighted by Gasteiger charge is 2.23. The van der Waals surface area contributed by atoms with Crippen LogP contribution in [0.2, 0.25) is 0 Å². The van der Waals surface area contributed by atoms with Crippen LogP contribution in [0.5, 0.6) is 5.75 Å². The second-order valence-corrected chi connectivity index (χ2v) is 7.49. The molecule has 1 heterocycles. The SMILES string of the molecule is CN=C(NCCc1cccs1)NCc1cccc(OCC(=O)NC2CC2)c1.I. The Balaban J connectivity index is 0.00000280. The molecule has 3 N–H and O–H groups in total. The number of nitrogens with zero attached hydrogens (tertiary/aromatic N) is 1. The zero-order valence-corrected chi connectivity index (χ0v) is 19.1. The monoisotopic (exact) mass is 514 g/mol. The zero-order valence-electron chi connectivity index (χ0n) is 15.9. The van der Waals surface area contributed by atoms with Crippen molar-refractivity contribution in [3.8, 4) is 5.75 Å². The number of carbonyl (C=O) groups is 1. The summed E-state index contributed by atoms with van der Waals surface area (Å²) in [5, 5.41) is 11.6. The Kier molecular flexibility index (Phi) is 9.56. The first-order valence-electron chi connectivity index (χ1n) is 9.21. The molecule has 0 saturated heterocycles. The van der Waals surface area contributed by atoms with Crippen molar-refractivity contribution in [3.05, 3.63) is 52.2 Å². The van der Waals surface area contributed by atoms with E-state index in [1.54, 1.807) is 18.4 Å². The van der Waals surface area contributed by atoms with Crippen LogP contribution in [0, 0.1) is 0 Å². The van der Waals surface area contributed by atoms with E-state index < -0.39 is 0 Å². The fourth-order valence-corrected chi connectivity index (χ4v) is 3.27. The minimum Gasteiger partial charge on any atom is -0.484 e. The molecule has 0 aliphatic heterocycles. The van der Waals surface area contributed by atoms with Crippen LogP contribution in [0.4, 0.5) is 0 Å². The minimum absolute atomic E-state index is 0. The van der Waals surface area contributed by atoms with Crippen LogP contribution in [0.3, 0.4) is 0 Å². The standard InChI is InChI=1S/C20H26N4O2S.HI/c1-21-20(22-10-9-18-6-3-11-27-18)23-13-15-4-2-5-17(12-15)26-14-19(25)24-16-7-8-16;/h2-6,11-12,16H,7-10,13-14H2,1H3,(H,24,25)(H2,21,22,23);1H. The summed E-state index contributed by atoms with van der Waals surface area (Å²) in [6.45, 7) is 1.52. The van der Waals surface area contributed by atoms with E-state index in [1.165, 1.54) is 4.88 Å². The number of amides is 1. The number of nitrogens with one attached hydrogen (secondary N) is 3. The molecular formula is C20H27IN4O2S. The van der Waals surface area contributed by atoms with Crippen LogP contribution in [-0.4, -0.2) is 38.1 Å². The molecule has 2 aromatic rings. The maximum absolute atomic E-state index is 11.7. The van der Waals surface area contributed by atoms with Gasteiger partial charge in [-0.2, -0.15) is 0 Å². The fourth-order valence-electron chi connectivity index (χ4n) is 2.56. The summed E-state index contributed by atoms with van der Waals surface area (Å²) in [5.74, 6) is 1.40. The topological polar surface area (TPSA) is 74.8 Å². The Morgan fingerprint density at radius 3 is 2.82 bits per heavy atom. The van der Waals surface area contributed by atoms with Gasteiger partial charge in [-0.1, -0.05) is 18.2 Å². The Morgan fingerprint density at radius 2 is 2.11 bits per heavy atom. The molecule has 0 unspecified atom stereocenters. The van der Waals surface area contributed by atoms with Gasteiger partial charge in [0.05, 0.1) is 0 Å². The predicted molar refractivity (Wildman–Crippen MR) is 125 cm³/mol. The lowest BCUT2D eigenvalue weighted by molar-refractivity contribution is -0.123. The van der Waals surface area contributed by atoms with Crippen LogP contribution < -0.4 is 20.7 Å². The molecule has 1 fully saturated rings. The van der Waals surface area contributed by atoms with Crippen LogP contribution in [0.25, 0.3) is 0 Å². The molecule has 0 bridgehead atoms. The number of halogens is 1. The number of hydrogen-bond donors (Lipinski definition) is 3. The molecule has 6 nitrogen and oxygen atoms in total. The van der Waals surface area contributed by atoms with Crippen LogP contribution in [0.1, 0.15) is 23.3 Å².